The van der Waals surface area contributed by atoms with Crippen molar-refractivity contribution in [1.82, 2.24) is 10.9 Å². The first-order valence-corrected chi connectivity index (χ1v) is 5.99. The van der Waals surface area contributed by atoms with Crippen LogP contribution in [0.25, 0.3) is 0 Å². The van der Waals surface area contributed by atoms with Gasteiger partial charge in [0.05, 0.1) is 15.6 Å². The first-order chi connectivity index (χ1) is 8.49. The second kappa shape index (κ2) is 5.12. The van der Waals surface area contributed by atoms with Crippen LogP contribution in [0, 0.1) is 11.7 Å². The smallest absolute Gasteiger partial charge is 0.271 e. The third-order valence-electron chi connectivity index (χ3n) is 2.50. The molecule has 1 fully saturated rings. The molecule has 0 radical (unpaired) electrons. The quantitative estimate of drug-likeness (QED) is 0.649. The van der Waals surface area contributed by atoms with Crippen LogP contribution in [0.15, 0.2) is 12.1 Å². The number of hydrogen-bond acceptors (Lipinski definition) is 2. The molecule has 4 nitrogen and oxygen atoms in total. The molecule has 0 aromatic heterocycles. The van der Waals surface area contributed by atoms with E-state index in [0.717, 1.165) is 25.0 Å². The van der Waals surface area contributed by atoms with Crippen LogP contribution in [0.2, 0.25) is 10.0 Å². The Morgan fingerprint density at radius 2 is 1.83 bits per heavy atom. The van der Waals surface area contributed by atoms with Crippen molar-refractivity contribution < 1.29 is 14.0 Å². The highest BCUT2D eigenvalue weighted by molar-refractivity contribution is 6.36. The Balaban J connectivity index is 2.04. The molecule has 18 heavy (non-hydrogen) atoms. The van der Waals surface area contributed by atoms with Gasteiger partial charge in [0.1, 0.15) is 5.82 Å². The van der Waals surface area contributed by atoms with Gasteiger partial charge in [-0.25, -0.2) is 4.39 Å². The number of nitrogens with one attached hydrogen (secondary N) is 2. The van der Waals surface area contributed by atoms with Gasteiger partial charge in [-0.1, -0.05) is 23.2 Å². The molecule has 2 rings (SSSR count). The fraction of sp³-hybridized carbons (Fsp3) is 0.273. The summed E-state index contributed by atoms with van der Waals surface area (Å²) in [5.74, 6) is -1.74. The zero-order chi connectivity index (χ0) is 13.3. The lowest BCUT2D eigenvalue weighted by Gasteiger charge is -2.08. The van der Waals surface area contributed by atoms with Crippen molar-refractivity contribution in [2.24, 2.45) is 5.92 Å². The third-order valence-corrected chi connectivity index (χ3v) is 3.10. The van der Waals surface area contributed by atoms with E-state index in [1.807, 2.05) is 0 Å². The molecule has 0 heterocycles. The van der Waals surface area contributed by atoms with Gasteiger partial charge in [-0.2, -0.15) is 0 Å². The van der Waals surface area contributed by atoms with E-state index in [2.05, 4.69) is 10.9 Å². The molecular formula is C11H9Cl2FN2O2. The summed E-state index contributed by atoms with van der Waals surface area (Å²) in [6.45, 7) is 0. The fourth-order valence-corrected chi connectivity index (χ4v) is 1.80. The highest BCUT2D eigenvalue weighted by Gasteiger charge is 2.29. The third kappa shape index (κ3) is 2.91. The summed E-state index contributed by atoms with van der Waals surface area (Å²) < 4.78 is 13.2. The Bertz CT molecular complexity index is 518. The molecule has 0 atom stereocenters. The monoisotopic (exact) mass is 290 g/mol. The first-order valence-electron chi connectivity index (χ1n) is 5.24. The molecule has 7 heteroatoms. The maximum Gasteiger partial charge on any atom is 0.271 e. The number of carbonyl (C=O) groups is 2. The average Bonchev–Trinajstić information content (AvgIpc) is 3.14. The molecule has 0 aliphatic heterocycles. The molecule has 0 unspecified atom stereocenters. The predicted octanol–water partition coefficient (Wildman–Crippen LogP) is 2.30. The molecule has 1 aliphatic carbocycles. The molecule has 1 aliphatic rings. The van der Waals surface area contributed by atoms with Crippen LogP contribution in [0.1, 0.15) is 23.2 Å². The van der Waals surface area contributed by atoms with Gasteiger partial charge in [0.15, 0.2) is 0 Å². The van der Waals surface area contributed by atoms with Crippen molar-refractivity contribution in [2.45, 2.75) is 12.8 Å². The van der Waals surface area contributed by atoms with E-state index in [1.165, 1.54) is 0 Å². The Hall–Kier alpha value is -1.33. The standard InChI is InChI=1S/C11H9Cl2FN2O2/c12-7-4-8(13)9(14)3-6(7)11(18)16-15-10(17)5-1-2-5/h3-5H,1-2H2,(H,15,17)(H,16,18). The van der Waals surface area contributed by atoms with Crippen molar-refractivity contribution >= 4 is 35.0 Å². The van der Waals surface area contributed by atoms with Crippen molar-refractivity contribution in [1.29, 1.82) is 0 Å². The van der Waals surface area contributed by atoms with Crippen molar-refractivity contribution in [3.8, 4) is 0 Å². The molecule has 1 saturated carbocycles. The predicted molar refractivity (Wildman–Crippen MR) is 64.8 cm³/mol. The van der Waals surface area contributed by atoms with Crippen LogP contribution in [0.4, 0.5) is 4.39 Å². The van der Waals surface area contributed by atoms with E-state index in [1.54, 1.807) is 0 Å². The molecule has 1 aromatic carbocycles. The Morgan fingerprint density at radius 1 is 1.17 bits per heavy atom. The SMILES string of the molecule is O=C(NNC(=O)C1CC1)c1cc(F)c(Cl)cc1Cl. The van der Waals surface area contributed by atoms with Crippen LogP contribution in [-0.4, -0.2) is 11.8 Å². The maximum absolute atomic E-state index is 13.2. The molecule has 2 N–H and O–H groups in total. The van der Waals surface area contributed by atoms with Gasteiger partial charge >= 0.3 is 0 Å². The number of hydrogen-bond donors (Lipinski definition) is 2. The van der Waals surface area contributed by atoms with Crippen molar-refractivity contribution in [3.63, 3.8) is 0 Å². The number of hydrazine groups is 1. The second-order valence-electron chi connectivity index (χ2n) is 3.96. The second-order valence-corrected chi connectivity index (χ2v) is 4.78. The van der Waals surface area contributed by atoms with E-state index >= 15 is 0 Å². The lowest BCUT2D eigenvalue weighted by Crippen LogP contribution is -2.42. The first kappa shape index (κ1) is 13.1. The van der Waals surface area contributed by atoms with Gasteiger partial charge in [0.25, 0.3) is 5.91 Å². The Kier molecular flexibility index (Phi) is 3.73. The summed E-state index contributed by atoms with van der Waals surface area (Å²) in [6.07, 6.45) is 1.63. The summed E-state index contributed by atoms with van der Waals surface area (Å²) in [7, 11) is 0. The van der Waals surface area contributed by atoms with E-state index in [9.17, 15) is 14.0 Å². The normalized spacial score (nSPS) is 14.2. The molecule has 0 bridgehead atoms. The van der Waals surface area contributed by atoms with E-state index in [0.29, 0.717) is 0 Å². The fourth-order valence-electron chi connectivity index (χ4n) is 1.33. The largest absolute Gasteiger partial charge is 0.273 e. The zero-order valence-corrected chi connectivity index (χ0v) is 10.6. The van der Waals surface area contributed by atoms with E-state index < -0.39 is 11.7 Å². The van der Waals surface area contributed by atoms with Gasteiger partial charge < -0.3 is 0 Å². The molecule has 2 amide bonds. The maximum atomic E-state index is 13.2. The summed E-state index contributed by atoms with van der Waals surface area (Å²) in [4.78, 5) is 22.9. The van der Waals surface area contributed by atoms with Crippen molar-refractivity contribution in [3.05, 3.63) is 33.6 Å². The van der Waals surface area contributed by atoms with Crippen LogP contribution >= 0.6 is 23.2 Å². The lowest BCUT2D eigenvalue weighted by molar-refractivity contribution is -0.123. The lowest BCUT2D eigenvalue weighted by atomic mass is 10.2. The van der Waals surface area contributed by atoms with E-state index in [4.69, 9.17) is 23.2 Å². The topological polar surface area (TPSA) is 58.2 Å². The van der Waals surface area contributed by atoms with Crippen LogP contribution < -0.4 is 10.9 Å². The van der Waals surface area contributed by atoms with Gasteiger partial charge in [-0.15, -0.1) is 0 Å². The average molecular weight is 291 g/mol. The number of benzene rings is 1. The number of rotatable bonds is 2. The summed E-state index contributed by atoms with van der Waals surface area (Å²) in [5, 5.41) is -0.155. The van der Waals surface area contributed by atoms with E-state index in [-0.39, 0.29) is 27.4 Å². The number of carbonyl (C=O) groups excluding carboxylic acids is 2. The van der Waals surface area contributed by atoms with Crippen LogP contribution in [0.5, 0.6) is 0 Å². The minimum Gasteiger partial charge on any atom is -0.273 e. The molecule has 0 spiro atoms. The highest BCUT2D eigenvalue weighted by Crippen LogP contribution is 2.28. The zero-order valence-electron chi connectivity index (χ0n) is 9.10. The Morgan fingerprint density at radius 3 is 2.44 bits per heavy atom. The summed E-state index contributed by atoms with van der Waals surface area (Å²) >= 11 is 11.3. The highest BCUT2D eigenvalue weighted by atomic mass is 35.5. The number of amides is 2. The Labute approximate surface area is 112 Å². The molecular weight excluding hydrogens is 282 g/mol. The molecule has 1 aromatic rings. The van der Waals surface area contributed by atoms with Gasteiger partial charge in [0, 0.05) is 5.92 Å². The van der Waals surface area contributed by atoms with Gasteiger partial charge in [0.2, 0.25) is 5.91 Å². The van der Waals surface area contributed by atoms with Crippen LogP contribution in [0.3, 0.4) is 0 Å². The number of halogens is 3. The van der Waals surface area contributed by atoms with Gasteiger partial charge in [-0.05, 0) is 25.0 Å². The summed E-state index contributed by atoms with van der Waals surface area (Å²) in [6, 6.07) is 2.05. The van der Waals surface area contributed by atoms with Gasteiger partial charge in [-0.3, -0.25) is 20.4 Å². The summed E-state index contributed by atoms with van der Waals surface area (Å²) in [5.41, 5.74) is 4.34. The van der Waals surface area contributed by atoms with Crippen LogP contribution in [-0.2, 0) is 4.79 Å². The molecule has 96 valence electrons. The molecule has 0 saturated heterocycles. The van der Waals surface area contributed by atoms with Crippen molar-refractivity contribution in [2.75, 3.05) is 0 Å². The minimum absolute atomic E-state index is 0.0135. The minimum atomic E-state index is -0.750.